The predicted molar refractivity (Wildman–Crippen MR) is 102 cm³/mol. The van der Waals surface area contributed by atoms with E-state index in [1.807, 2.05) is 13.8 Å². The third kappa shape index (κ3) is 4.24. The van der Waals surface area contributed by atoms with Crippen molar-refractivity contribution in [2.45, 2.75) is 46.6 Å². The summed E-state index contributed by atoms with van der Waals surface area (Å²) in [4.78, 5) is 35.1. The van der Waals surface area contributed by atoms with Crippen molar-refractivity contribution in [3.63, 3.8) is 0 Å². The van der Waals surface area contributed by atoms with E-state index in [4.69, 9.17) is 0 Å². The van der Waals surface area contributed by atoms with Gasteiger partial charge in [0.05, 0.1) is 24.8 Å². The first-order chi connectivity index (χ1) is 12.5. The number of aryl methyl sites for hydroxylation is 2. The molecule has 0 aliphatic carbocycles. The van der Waals surface area contributed by atoms with E-state index in [1.165, 1.54) is 10.1 Å². The van der Waals surface area contributed by atoms with E-state index < -0.39 is 16.5 Å². The number of hydrogen-bond acceptors (Lipinski definition) is 5. The van der Waals surface area contributed by atoms with E-state index in [0.717, 1.165) is 36.1 Å². The zero-order valence-corrected chi connectivity index (χ0v) is 16.5. The van der Waals surface area contributed by atoms with Crippen molar-refractivity contribution < 1.29 is 14.5 Å². The highest BCUT2D eigenvalue weighted by atomic mass is 16.6. The Bertz CT molecular complexity index is 944. The van der Waals surface area contributed by atoms with Crippen molar-refractivity contribution in [1.29, 1.82) is 0 Å². The van der Waals surface area contributed by atoms with Crippen LogP contribution in [0.25, 0.3) is 0 Å². The van der Waals surface area contributed by atoms with E-state index in [-0.39, 0.29) is 23.2 Å². The van der Waals surface area contributed by atoms with Gasteiger partial charge in [0, 0.05) is 6.07 Å². The minimum Gasteiger partial charge on any atom is -0.465 e. The SMILES string of the molecule is COC(=O)c1cc([N+](=O)[O-])cn(Cc2c(C)cc(C(C)(C)C)cc2C)c1=O. The molecular formula is C20H24N2O5. The predicted octanol–water partition coefficient (Wildman–Crippen LogP) is 3.51. The van der Waals surface area contributed by atoms with Gasteiger partial charge in [-0.05, 0) is 41.5 Å². The maximum Gasteiger partial charge on any atom is 0.343 e. The maximum absolute atomic E-state index is 12.6. The topological polar surface area (TPSA) is 91.4 Å². The van der Waals surface area contributed by atoms with Crippen LogP contribution in [0.1, 0.15) is 53.4 Å². The summed E-state index contributed by atoms with van der Waals surface area (Å²) in [5.74, 6) is -0.894. The summed E-state index contributed by atoms with van der Waals surface area (Å²) < 4.78 is 5.77. The number of ether oxygens (including phenoxy) is 1. The average molecular weight is 372 g/mol. The van der Waals surface area contributed by atoms with E-state index in [2.05, 4.69) is 37.6 Å². The van der Waals surface area contributed by atoms with Crippen LogP contribution in [0.15, 0.2) is 29.2 Å². The van der Waals surface area contributed by atoms with Gasteiger partial charge in [0.1, 0.15) is 5.56 Å². The number of aromatic nitrogens is 1. The molecule has 0 amide bonds. The Labute approximate surface area is 157 Å². The largest absolute Gasteiger partial charge is 0.465 e. The Morgan fingerprint density at radius 1 is 1.19 bits per heavy atom. The molecule has 0 atom stereocenters. The molecule has 144 valence electrons. The van der Waals surface area contributed by atoms with Crippen molar-refractivity contribution >= 4 is 11.7 Å². The lowest BCUT2D eigenvalue weighted by molar-refractivity contribution is -0.385. The number of methoxy groups -OCH3 is 1. The second kappa shape index (κ2) is 7.34. The van der Waals surface area contributed by atoms with Crippen LogP contribution in [0.4, 0.5) is 5.69 Å². The summed E-state index contributed by atoms with van der Waals surface area (Å²) in [6, 6.07) is 5.07. The number of carbonyl (C=O) groups is 1. The summed E-state index contributed by atoms with van der Waals surface area (Å²) in [5, 5.41) is 11.2. The standard InChI is InChI=1S/C20H24N2O5/c1-12-7-14(20(3,4)5)8-13(2)17(12)11-21-10-15(22(25)26)9-16(18(21)23)19(24)27-6/h7-10H,11H2,1-6H3. The minimum atomic E-state index is -0.894. The van der Waals surface area contributed by atoms with Gasteiger partial charge in [0.15, 0.2) is 0 Å². The minimum absolute atomic E-state index is 0.0194. The number of rotatable bonds is 4. The highest BCUT2D eigenvalue weighted by Crippen LogP contribution is 2.27. The fraction of sp³-hybridized carbons (Fsp3) is 0.400. The summed E-state index contributed by atoms with van der Waals surface area (Å²) in [6.07, 6.45) is 1.16. The molecule has 1 aromatic heterocycles. The van der Waals surface area contributed by atoms with Crippen molar-refractivity contribution in [1.82, 2.24) is 4.57 Å². The third-order valence-electron chi connectivity index (χ3n) is 4.58. The van der Waals surface area contributed by atoms with Crippen LogP contribution < -0.4 is 5.56 Å². The molecule has 7 nitrogen and oxygen atoms in total. The third-order valence-corrected chi connectivity index (χ3v) is 4.58. The Morgan fingerprint density at radius 3 is 2.19 bits per heavy atom. The molecule has 0 unspecified atom stereocenters. The van der Waals surface area contributed by atoms with Gasteiger partial charge in [-0.1, -0.05) is 32.9 Å². The van der Waals surface area contributed by atoms with E-state index in [9.17, 15) is 19.7 Å². The average Bonchev–Trinajstić information content (AvgIpc) is 2.57. The molecule has 0 saturated heterocycles. The lowest BCUT2D eigenvalue weighted by Crippen LogP contribution is -2.28. The summed E-state index contributed by atoms with van der Waals surface area (Å²) in [6.45, 7) is 10.4. The zero-order valence-electron chi connectivity index (χ0n) is 16.5. The van der Waals surface area contributed by atoms with Gasteiger partial charge in [-0.25, -0.2) is 4.79 Å². The van der Waals surface area contributed by atoms with E-state index >= 15 is 0 Å². The van der Waals surface area contributed by atoms with Crippen LogP contribution in [0, 0.1) is 24.0 Å². The zero-order chi connectivity index (χ0) is 20.5. The monoisotopic (exact) mass is 372 g/mol. The molecular weight excluding hydrogens is 348 g/mol. The van der Waals surface area contributed by atoms with E-state index in [1.54, 1.807) is 0 Å². The second-order valence-corrected chi connectivity index (χ2v) is 7.63. The fourth-order valence-corrected chi connectivity index (χ4v) is 2.94. The Kier molecular flexibility index (Phi) is 5.54. The van der Waals surface area contributed by atoms with Crippen molar-refractivity contribution in [3.8, 4) is 0 Å². The van der Waals surface area contributed by atoms with Crippen LogP contribution in [0.5, 0.6) is 0 Å². The number of nitro groups is 1. The summed E-state index contributed by atoms with van der Waals surface area (Å²) in [7, 11) is 1.13. The molecule has 2 aromatic rings. The second-order valence-electron chi connectivity index (χ2n) is 7.63. The van der Waals surface area contributed by atoms with Gasteiger partial charge in [-0.3, -0.25) is 14.9 Å². The fourth-order valence-electron chi connectivity index (χ4n) is 2.94. The molecule has 0 fully saturated rings. The number of nitrogens with zero attached hydrogens (tertiary/aromatic N) is 2. The molecule has 0 spiro atoms. The number of carbonyl (C=O) groups excluding carboxylic acids is 1. The van der Waals surface area contributed by atoms with Crippen LogP contribution in [-0.4, -0.2) is 22.6 Å². The van der Waals surface area contributed by atoms with Crippen LogP contribution in [0.3, 0.4) is 0 Å². The molecule has 1 heterocycles. The highest BCUT2D eigenvalue weighted by Gasteiger charge is 2.21. The Hall–Kier alpha value is -2.96. The van der Waals surface area contributed by atoms with Gasteiger partial charge < -0.3 is 9.30 Å². The maximum atomic E-state index is 12.6. The van der Waals surface area contributed by atoms with Gasteiger partial charge in [-0.15, -0.1) is 0 Å². The molecule has 0 aliphatic rings. The first-order valence-electron chi connectivity index (χ1n) is 8.53. The Balaban J connectivity index is 2.61. The Morgan fingerprint density at radius 2 is 1.74 bits per heavy atom. The first-order valence-corrected chi connectivity index (χ1v) is 8.53. The van der Waals surface area contributed by atoms with Crippen LogP contribution in [0.2, 0.25) is 0 Å². The molecule has 0 radical (unpaired) electrons. The molecule has 27 heavy (non-hydrogen) atoms. The lowest BCUT2D eigenvalue weighted by Gasteiger charge is -2.22. The molecule has 2 rings (SSSR count). The number of hydrogen-bond donors (Lipinski definition) is 0. The molecule has 0 aliphatic heterocycles. The van der Waals surface area contributed by atoms with Gasteiger partial charge in [0.25, 0.3) is 11.2 Å². The smallest absolute Gasteiger partial charge is 0.343 e. The first kappa shape index (κ1) is 20.4. The van der Waals surface area contributed by atoms with Gasteiger partial charge in [-0.2, -0.15) is 0 Å². The van der Waals surface area contributed by atoms with Crippen LogP contribution >= 0.6 is 0 Å². The number of pyridine rings is 1. The van der Waals surface area contributed by atoms with E-state index in [0.29, 0.717) is 0 Å². The lowest BCUT2D eigenvalue weighted by atomic mass is 9.84. The normalized spacial score (nSPS) is 11.3. The van der Waals surface area contributed by atoms with Crippen molar-refractivity contribution in [2.24, 2.45) is 0 Å². The van der Waals surface area contributed by atoms with Crippen molar-refractivity contribution in [3.05, 3.63) is 72.7 Å². The highest BCUT2D eigenvalue weighted by molar-refractivity contribution is 5.89. The molecule has 0 saturated carbocycles. The van der Waals surface area contributed by atoms with Crippen molar-refractivity contribution in [2.75, 3.05) is 7.11 Å². The quantitative estimate of drug-likeness (QED) is 0.465. The summed E-state index contributed by atoms with van der Waals surface area (Å²) >= 11 is 0. The molecule has 1 aromatic carbocycles. The molecule has 0 N–H and O–H groups in total. The number of benzene rings is 1. The van der Waals surface area contributed by atoms with Gasteiger partial charge in [0.2, 0.25) is 0 Å². The van der Waals surface area contributed by atoms with Crippen LogP contribution in [-0.2, 0) is 16.7 Å². The molecule has 7 heteroatoms. The number of esters is 1. The van der Waals surface area contributed by atoms with Gasteiger partial charge >= 0.3 is 5.97 Å². The summed E-state index contributed by atoms with van der Waals surface area (Å²) in [5.41, 5.74) is 2.70. The molecule has 0 bridgehead atoms.